The van der Waals surface area contributed by atoms with E-state index in [0.29, 0.717) is 24.0 Å². The molecule has 7 N–H and O–H groups in total. The van der Waals surface area contributed by atoms with E-state index in [4.69, 9.17) is 5.73 Å². The highest BCUT2D eigenvalue weighted by Crippen LogP contribution is 2.20. The van der Waals surface area contributed by atoms with Crippen LogP contribution in [0.1, 0.15) is 42.4 Å². The molecule has 0 fully saturated rings. The first-order valence-electron chi connectivity index (χ1n) is 17.9. The quantitative estimate of drug-likeness (QED) is 0.0746. The first-order chi connectivity index (χ1) is 26.0. The van der Waals surface area contributed by atoms with Crippen LogP contribution in [0.15, 0.2) is 91.0 Å². The van der Waals surface area contributed by atoms with Gasteiger partial charge in [0.1, 0.15) is 23.7 Å². The Labute approximate surface area is 313 Å². The number of hydrogen-bond acceptors (Lipinski definition) is 8. The molecule has 4 amide bonds. The standard InChI is InChI=1S/C41H47FN5O7/c1-47(38(51)21-18-29-10-3-5-15-34(29)42)37(23-27-16-19-32(50)20-17-27)41(54)45-31(25-48)13-6-7-22-44-40(53)36(26-49)46-39(52)35(43)24-30-12-8-11-28-9-2-4-14-33(28)30/h2-5,8-12,14-17,19-20,31,35-37,49-50H,6-7,13,18,21-24,26,43H2,1H3,(H,44,53)(H,45,54)(H,46,52)/t31-,35+,36+,37+/m1/s1. The number of phenolic OH excluding ortho intramolecular Hbond substituents is 1. The summed E-state index contributed by atoms with van der Waals surface area (Å²) < 4.78 is 14.1. The first-order valence-corrected chi connectivity index (χ1v) is 17.9. The Balaban J connectivity index is 1.25. The summed E-state index contributed by atoms with van der Waals surface area (Å²) in [5.41, 5.74) is 8.08. The lowest BCUT2D eigenvalue weighted by Crippen LogP contribution is -2.53. The molecule has 0 unspecified atom stereocenters. The van der Waals surface area contributed by atoms with Gasteiger partial charge in [0.15, 0.2) is 0 Å². The van der Waals surface area contributed by atoms with Gasteiger partial charge in [-0.25, -0.2) is 4.39 Å². The second-order valence-electron chi connectivity index (χ2n) is 13.1. The van der Waals surface area contributed by atoms with Gasteiger partial charge in [0.2, 0.25) is 29.9 Å². The van der Waals surface area contributed by atoms with E-state index in [-0.39, 0.29) is 44.4 Å². The SMILES string of the molecule is CN(C(=O)CCc1ccccc1F)[C@@H](Cc1ccc(O)cc1)C(=O)N[C@@H]([C]=O)CCCCNC(=O)[C@H](CO)NC(=O)[C@@H](N)Cc1cccc2ccccc12. The van der Waals surface area contributed by atoms with Crippen LogP contribution < -0.4 is 21.7 Å². The maximum absolute atomic E-state index is 14.1. The predicted octanol–water partition coefficient (Wildman–Crippen LogP) is 2.61. The average Bonchev–Trinajstić information content (AvgIpc) is 3.18. The minimum absolute atomic E-state index is 0.0365. The molecule has 12 nitrogen and oxygen atoms in total. The lowest BCUT2D eigenvalue weighted by Gasteiger charge is -2.28. The van der Waals surface area contributed by atoms with Gasteiger partial charge in [0.05, 0.1) is 18.7 Å². The van der Waals surface area contributed by atoms with Gasteiger partial charge >= 0.3 is 0 Å². The van der Waals surface area contributed by atoms with Gasteiger partial charge in [-0.2, -0.15) is 0 Å². The Hall–Kier alpha value is -5.66. The number of nitrogens with zero attached hydrogens (tertiary/aromatic N) is 1. The van der Waals surface area contributed by atoms with E-state index in [1.165, 1.54) is 30.1 Å². The van der Waals surface area contributed by atoms with E-state index in [1.54, 1.807) is 30.3 Å². The Morgan fingerprint density at radius 2 is 1.52 bits per heavy atom. The van der Waals surface area contributed by atoms with Gasteiger partial charge < -0.3 is 36.8 Å². The van der Waals surface area contributed by atoms with Gasteiger partial charge in [-0.1, -0.05) is 72.8 Å². The summed E-state index contributed by atoms with van der Waals surface area (Å²) in [6.07, 6.45) is 3.21. The Kier molecular flexibility index (Phi) is 15.6. The predicted molar refractivity (Wildman–Crippen MR) is 202 cm³/mol. The molecule has 0 aromatic heterocycles. The van der Waals surface area contributed by atoms with E-state index >= 15 is 0 Å². The number of nitrogens with two attached hydrogens (primary N) is 1. The highest BCUT2D eigenvalue weighted by molar-refractivity contribution is 5.91. The van der Waals surface area contributed by atoms with Crippen molar-refractivity contribution in [2.75, 3.05) is 20.2 Å². The van der Waals surface area contributed by atoms with Crippen LogP contribution in [0.3, 0.4) is 0 Å². The smallest absolute Gasteiger partial charge is 0.244 e. The van der Waals surface area contributed by atoms with Crippen LogP contribution >= 0.6 is 0 Å². The van der Waals surface area contributed by atoms with Crippen LogP contribution in [0, 0.1) is 5.82 Å². The number of fused-ring (bicyclic) bond motifs is 1. The zero-order valence-corrected chi connectivity index (χ0v) is 30.2. The van der Waals surface area contributed by atoms with Crippen molar-refractivity contribution in [2.24, 2.45) is 5.73 Å². The molecule has 1 radical (unpaired) electrons. The number of phenols is 1. The topological polar surface area (TPSA) is 191 Å². The molecule has 13 heteroatoms. The fraction of sp³-hybridized carbons (Fsp3) is 0.341. The summed E-state index contributed by atoms with van der Waals surface area (Å²) in [6, 6.07) is 21.6. The molecule has 0 aliphatic rings. The fourth-order valence-corrected chi connectivity index (χ4v) is 6.06. The normalized spacial score (nSPS) is 13.3. The average molecular weight is 741 g/mol. The van der Waals surface area contributed by atoms with Gasteiger partial charge in [-0.05, 0) is 77.8 Å². The maximum Gasteiger partial charge on any atom is 0.244 e. The van der Waals surface area contributed by atoms with Crippen molar-refractivity contribution in [2.45, 2.75) is 69.1 Å². The Morgan fingerprint density at radius 3 is 2.24 bits per heavy atom. The monoisotopic (exact) mass is 740 g/mol. The fourth-order valence-electron chi connectivity index (χ4n) is 6.06. The molecule has 0 heterocycles. The molecular formula is C41H47FN5O7. The molecule has 0 aliphatic carbocycles. The number of nitrogens with one attached hydrogen (secondary N) is 3. The first kappa shape index (κ1) is 41.1. The number of likely N-dealkylation sites (N-methyl/N-ethyl adjacent to an activating group) is 1. The van der Waals surface area contributed by atoms with Gasteiger partial charge in [0, 0.05) is 26.4 Å². The van der Waals surface area contributed by atoms with Crippen molar-refractivity contribution in [1.82, 2.24) is 20.9 Å². The van der Waals surface area contributed by atoms with E-state index in [1.807, 2.05) is 48.8 Å². The number of halogens is 1. The molecule has 4 atom stereocenters. The van der Waals surface area contributed by atoms with Gasteiger partial charge in [-0.3, -0.25) is 24.0 Å². The van der Waals surface area contributed by atoms with Crippen LogP contribution in [0.5, 0.6) is 5.75 Å². The number of amides is 4. The number of benzene rings is 4. The van der Waals surface area contributed by atoms with Crippen molar-refractivity contribution in [3.63, 3.8) is 0 Å². The van der Waals surface area contributed by atoms with Crippen molar-refractivity contribution >= 4 is 40.7 Å². The van der Waals surface area contributed by atoms with Crippen LogP contribution in [-0.2, 0) is 43.2 Å². The molecular weight excluding hydrogens is 693 g/mol. The third kappa shape index (κ3) is 11.9. The number of carbonyl (C=O) groups excluding carboxylic acids is 5. The lowest BCUT2D eigenvalue weighted by molar-refractivity contribution is -0.139. The molecule has 0 saturated carbocycles. The van der Waals surface area contributed by atoms with Gasteiger partial charge in [-0.15, -0.1) is 0 Å². The number of carbonyl (C=O) groups is 4. The number of hydrogen-bond donors (Lipinski definition) is 6. The van der Waals surface area contributed by atoms with Crippen LogP contribution in [-0.4, -0.2) is 89.4 Å². The second kappa shape index (κ2) is 20.5. The molecule has 54 heavy (non-hydrogen) atoms. The zero-order valence-electron chi connectivity index (χ0n) is 30.2. The number of aliphatic hydroxyl groups excluding tert-OH is 1. The molecule has 285 valence electrons. The Bertz CT molecular complexity index is 1880. The van der Waals surface area contributed by atoms with Crippen LogP contribution in [0.4, 0.5) is 4.39 Å². The van der Waals surface area contributed by atoms with Crippen LogP contribution in [0.25, 0.3) is 10.8 Å². The number of rotatable bonds is 20. The molecule has 0 spiro atoms. The molecule has 4 aromatic rings. The van der Waals surface area contributed by atoms with Crippen LogP contribution in [0.2, 0.25) is 0 Å². The highest BCUT2D eigenvalue weighted by atomic mass is 19.1. The zero-order chi connectivity index (χ0) is 39.0. The third-order valence-corrected chi connectivity index (χ3v) is 9.24. The van der Waals surface area contributed by atoms with E-state index in [9.17, 15) is 38.6 Å². The summed E-state index contributed by atoms with van der Waals surface area (Å²) in [6.45, 7) is -0.478. The third-order valence-electron chi connectivity index (χ3n) is 9.24. The summed E-state index contributed by atoms with van der Waals surface area (Å²) in [4.78, 5) is 65.4. The molecule has 4 rings (SSSR count). The molecule has 4 aromatic carbocycles. The summed E-state index contributed by atoms with van der Waals surface area (Å²) in [7, 11) is 1.47. The summed E-state index contributed by atoms with van der Waals surface area (Å²) in [5.74, 6) is -2.57. The Morgan fingerprint density at radius 1 is 0.833 bits per heavy atom. The molecule has 0 saturated heterocycles. The van der Waals surface area contributed by atoms with Crippen molar-refractivity contribution in [3.8, 4) is 5.75 Å². The van der Waals surface area contributed by atoms with Crippen molar-refractivity contribution in [1.29, 1.82) is 0 Å². The number of aliphatic hydroxyl groups is 1. The minimum Gasteiger partial charge on any atom is -0.508 e. The highest BCUT2D eigenvalue weighted by Gasteiger charge is 2.29. The van der Waals surface area contributed by atoms with Gasteiger partial charge in [0.25, 0.3) is 0 Å². The van der Waals surface area contributed by atoms with E-state index < -0.39 is 60.2 Å². The largest absolute Gasteiger partial charge is 0.508 e. The number of aromatic hydroxyl groups is 1. The van der Waals surface area contributed by atoms with Crippen molar-refractivity contribution < 1.29 is 38.6 Å². The minimum atomic E-state index is -1.22. The molecule has 0 aliphatic heterocycles. The van der Waals surface area contributed by atoms with E-state index in [0.717, 1.165) is 16.3 Å². The van der Waals surface area contributed by atoms with E-state index in [2.05, 4.69) is 16.0 Å². The summed E-state index contributed by atoms with van der Waals surface area (Å²) >= 11 is 0. The number of aryl methyl sites for hydroxylation is 1. The number of unbranched alkanes of at least 4 members (excludes halogenated alkanes) is 1. The second-order valence-corrected chi connectivity index (χ2v) is 13.1. The molecule has 0 bridgehead atoms. The lowest BCUT2D eigenvalue weighted by atomic mass is 9.98. The summed E-state index contributed by atoms with van der Waals surface area (Å²) in [5, 5.41) is 29.3. The maximum atomic E-state index is 14.1. The van der Waals surface area contributed by atoms with Crippen molar-refractivity contribution in [3.05, 3.63) is 114 Å².